The van der Waals surface area contributed by atoms with Crippen molar-refractivity contribution in [2.24, 2.45) is 0 Å². The summed E-state index contributed by atoms with van der Waals surface area (Å²) in [5.41, 5.74) is 3.67. The topological polar surface area (TPSA) is 86.8 Å². The van der Waals surface area contributed by atoms with Crippen molar-refractivity contribution < 1.29 is 18.0 Å². The van der Waals surface area contributed by atoms with Gasteiger partial charge in [0.1, 0.15) is 12.6 Å². The number of anilines is 1. The van der Waals surface area contributed by atoms with Crippen molar-refractivity contribution in [2.45, 2.75) is 76.9 Å². The molecule has 224 valence electrons. The number of aryl methyl sites for hydroxylation is 3. The Morgan fingerprint density at radius 2 is 1.50 bits per heavy atom. The van der Waals surface area contributed by atoms with E-state index < -0.39 is 28.5 Å². The predicted octanol–water partition coefficient (Wildman–Crippen LogP) is 6.59. The SMILES string of the molecule is Cc1ccc(S(=O)(=O)N(CC(=O)N(Cc2ccc(Cl)c(Cl)c2)[C@@H](C)C(=O)NC2CCCC2)c2cc(C)cc(C)c2)cc1. The lowest BCUT2D eigenvalue weighted by atomic mass is 10.1. The summed E-state index contributed by atoms with van der Waals surface area (Å²) in [7, 11) is -4.14. The van der Waals surface area contributed by atoms with E-state index in [1.807, 2.05) is 26.8 Å². The number of hydrogen-bond acceptors (Lipinski definition) is 4. The number of carbonyl (C=O) groups excluding carboxylic acids is 2. The molecule has 0 saturated heterocycles. The summed E-state index contributed by atoms with van der Waals surface area (Å²) in [5, 5.41) is 3.76. The van der Waals surface area contributed by atoms with E-state index in [0.29, 0.717) is 21.3 Å². The fraction of sp³-hybridized carbons (Fsp3) is 0.375. The van der Waals surface area contributed by atoms with Crippen LogP contribution in [0.4, 0.5) is 5.69 Å². The Bertz CT molecular complexity index is 1530. The standard InChI is InChI=1S/C32H37Cl2N3O4S/c1-21-9-12-28(13-10-21)42(40,41)37(27-16-22(2)15-23(3)17-27)20-31(38)36(19-25-11-14-29(33)30(34)18-25)24(4)32(39)35-26-7-5-6-8-26/h9-18,24,26H,5-8,19-20H2,1-4H3,(H,35,39)/t24-/m0/s1. The first kappa shape index (κ1) is 31.9. The molecule has 0 spiro atoms. The molecule has 1 aliphatic rings. The van der Waals surface area contributed by atoms with Gasteiger partial charge in [0.25, 0.3) is 10.0 Å². The maximum Gasteiger partial charge on any atom is 0.264 e. The van der Waals surface area contributed by atoms with Gasteiger partial charge >= 0.3 is 0 Å². The normalized spacial score (nSPS) is 14.4. The summed E-state index contributed by atoms with van der Waals surface area (Å²) in [5.74, 6) is -0.806. The summed E-state index contributed by atoms with van der Waals surface area (Å²) >= 11 is 12.4. The summed E-state index contributed by atoms with van der Waals surface area (Å²) in [6.45, 7) is 6.83. The fourth-order valence-corrected chi connectivity index (χ4v) is 6.99. The maximum absolute atomic E-state index is 14.1. The first-order valence-electron chi connectivity index (χ1n) is 14.1. The van der Waals surface area contributed by atoms with Crippen molar-refractivity contribution in [1.29, 1.82) is 0 Å². The first-order chi connectivity index (χ1) is 19.8. The van der Waals surface area contributed by atoms with Crippen LogP contribution in [0.3, 0.4) is 0 Å². The Hall–Kier alpha value is -3.07. The molecule has 0 unspecified atom stereocenters. The minimum absolute atomic E-state index is 0.0419. The van der Waals surface area contributed by atoms with Gasteiger partial charge in [0, 0.05) is 12.6 Å². The largest absolute Gasteiger partial charge is 0.352 e. The van der Waals surface area contributed by atoms with Crippen molar-refractivity contribution in [1.82, 2.24) is 10.2 Å². The molecule has 3 aromatic carbocycles. The Morgan fingerprint density at radius 1 is 0.881 bits per heavy atom. The van der Waals surface area contributed by atoms with E-state index in [2.05, 4.69) is 5.32 Å². The van der Waals surface area contributed by atoms with Crippen LogP contribution in [-0.2, 0) is 26.2 Å². The lowest BCUT2D eigenvalue weighted by Gasteiger charge is -2.32. The highest BCUT2D eigenvalue weighted by molar-refractivity contribution is 7.92. The molecule has 42 heavy (non-hydrogen) atoms. The molecule has 1 atom stereocenters. The maximum atomic E-state index is 14.1. The second kappa shape index (κ2) is 13.5. The van der Waals surface area contributed by atoms with Crippen LogP contribution in [0.25, 0.3) is 0 Å². The number of rotatable bonds is 10. The highest BCUT2D eigenvalue weighted by atomic mass is 35.5. The average molecular weight is 631 g/mol. The number of benzene rings is 3. The fourth-order valence-electron chi connectivity index (χ4n) is 5.27. The molecule has 0 radical (unpaired) electrons. The minimum atomic E-state index is -4.14. The van der Waals surface area contributed by atoms with Crippen LogP contribution >= 0.6 is 23.2 Å². The molecular weight excluding hydrogens is 593 g/mol. The van der Waals surface area contributed by atoms with Crippen LogP contribution in [0.1, 0.15) is 54.9 Å². The first-order valence-corrected chi connectivity index (χ1v) is 16.3. The van der Waals surface area contributed by atoms with Gasteiger partial charge in [-0.15, -0.1) is 0 Å². The Labute approximate surface area is 258 Å². The number of sulfonamides is 1. The van der Waals surface area contributed by atoms with E-state index in [9.17, 15) is 18.0 Å². The lowest BCUT2D eigenvalue weighted by Crippen LogP contribution is -2.52. The third-order valence-corrected chi connectivity index (χ3v) is 10.1. The number of carbonyl (C=O) groups is 2. The Kier molecular flexibility index (Phi) is 10.2. The summed E-state index contributed by atoms with van der Waals surface area (Å²) in [6, 6.07) is 16.2. The molecule has 1 fully saturated rings. The van der Waals surface area contributed by atoms with Crippen molar-refractivity contribution >= 4 is 50.7 Å². The third-order valence-electron chi connectivity index (χ3n) is 7.59. The molecule has 2 amide bonds. The predicted molar refractivity (Wildman–Crippen MR) is 168 cm³/mol. The number of halogens is 2. The highest BCUT2D eigenvalue weighted by Crippen LogP contribution is 2.28. The van der Waals surface area contributed by atoms with Crippen molar-refractivity contribution in [3.05, 3.63) is 93.0 Å². The second-order valence-corrected chi connectivity index (χ2v) is 13.8. The van der Waals surface area contributed by atoms with E-state index in [4.69, 9.17) is 23.2 Å². The number of amides is 2. The molecule has 0 aromatic heterocycles. The van der Waals surface area contributed by atoms with E-state index in [1.54, 1.807) is 49.4 Å². The average Bonchev–Trinajstić information content (AvgIpc) is 3.44. The van der Waals surface area contributed by atoms with Crippen molar-refractivity contribution in [3.8, 4) is 0 Å². The van der Waals surface area contributed by atoms with Crippen LogP contribution in [0.2, 0.25) is 10.0 Å². The lowest BCUT2D eigenvalue weighted by molar-refractivity contribution is -0.139. The van der Waals surface area contributed by atoms with Gasteiger partial charge in [0.15, 0.2) is 0 Å². The number of hydrogen-bond donors (Lipinski definition) is 1. The van der Waals surface area contributed by atoms with Gasteiger partial charge in [-0.3, -0.25) is 13.9 Å². The number of nitrogens with zero attached hydrogens (tertiary/aromatic N) is 2. The molecule has 1 saturated carbocycles. The van der Waals surface area contributed by atoms with E-state index >= 15 is 0 Å². The summed E-state index contributed by atoms with van der Waals surface area (Å²) < 4.78 is 29.2. The summed E-state index contributed by atoms with van der Waals surface area (Å²) in [6.07, 6.45) is 3.89. The minimum Gasteiger partial charge on any atom is -0.352 e. The molecule has 0 aliphatic heterocycles. The van der Waals surface area contributed by atoms with Gasteiger partial charge in [-0.1, -0.05) is 65.9 Å². The zero-order valence-electron chi connectivity index (χ0n) is 24.4. The van der Waals surface area contributed by atoms with Gasteiger partial charge in [-0.25, -0.2) is 8.42 Å². The van der Waals surface area contributed by atoms with Gasteiger partial charge in [0.05, 0.1) is 20.6 Å². The van der Waals surface area contributed by atoms with E-state index in [1.165, 1.54) is 17.0 Å². The van der Waals surface area contributed by atoms with Crippen LogP contribution in [0, 0.1) is 20.8 Å². The summed E-state index contributed by atoms with van der Waals surface area (Å²) in [4.78, 5) is 29.0. The van der Waals surface area contributed by atoms with Gasteiger partial charge in [-0.2, -0.15) is 0 Å². The third kappa shape index (κ3) is 7.65. The molecule has 1 aliphatic carbocycles. The number of nitrogens with one attached hydrogen (secondary N) is 1. The smallest absolute Gasteiger partial charge is 0.264 e. The monoisotopic (exact) mass is 629 g/mol. The van der Waals surface area contributed by atoms with Crippen LogP contribution in [-0.4, -0.2) is 43.8 Å². The molecule has 10 heteroatoms. The van der Waals surface area contributed by atoms with E-state index in [-0.39, 0.29) is 23.4 Å². The van der Waals surface area contributed by atoms with Crippen LogP contribution in [0.5, 0.6) is 0 Å². The van der Waals surface area contributed by atoms with Gasteiger partial charge < -0.3 is 10.2 Å². The molecule has 0 heterocycles. The zero-order chi connectivity index (χ0) is 30.6. The quantitative estimate of drug-likeness (QED) is 0.274. The van der Waals surface area contributed by atoms with Crippen molar-refractivity contribution in [2.75, 3.05) is 10.8 Å². The van der Waals surface area contributed by atoms with Crippen LogP contribution in [0.15, 0.2) is 65.6 Å². The molecule has 0 bridgehead atoms. The van der Waals surface area contributed by atoms with Crippen LogP contribution < -0.4 is 9.62 Å². The zero-order valence-corrected chi connectivity index (χ0v) is 26.7. The molecule has 3 aromatic rings. The Balaban J connectivity index is 1.72. The van der Waals surface area contributed by atoms with Crippen molar-refractivity contribution in [3.63, 3.8) is 0 Å². The Morgan fingerprint density at radius 3 is 2.10 bits per heavy atom. The van der Waals surface area contributed by atoms with Gasteiger partial charge in [0.2, 0.25) is 11.8 Å². The van der Waals surface area contributed by atoms with Gasteiger partial charge in [-0.05, 0) is 93.6 Å². The second-order valence-electron chi connectivity index (χ2n) is 11.1. The molecule has 4 rings (SSSR count). The van der Waals surface area contributed by atoms with E-state index in [0.717, 1.165) is 46.7 Å². The molecular formula is C32H37Cl2N3O4S. The molecule has 7 nitrogen and oxygen atoms in total. The molecule has 1 N–H and O–H groups in total. The highest BCUT2D eigenvalue weighted by Gasteiger charge is 2.33.